The molecule has 1 aromatic heterocycles. The lowest BCUT2D eigenvalue weighted by Crippen LogP contribution is -2.29. The fourth-order valence-corrected chi connectivity index (χ4v) is 3.25. The van der Waals surface area contributed by atoms with Gasteiger partial charge in [0.15, 0.2) is 0 Å². The summed E-state index contributed by atoms with van der Waals surface area (Å²) < 4.78 is 0. The molecular weight excluding hydrogens is 264 g/mol. The maximum Gasteiger partial charge on any atom is 0.323 e. The SMILES string of the molecule is CN(C)C1CCCN(Cc2ccc3[nH]c(=O)[nH]c3c2)CC1. The first kappa shape index (κ1) is 14.4. The highest BCUT2D eigenvalue weighted by molar-refractivity contribution is 5.74. The van der Waals surface area contributed by atoms with Gasteiger partial charge in [-0.1, -0.05) is 6.07 Å². The van der Waals surface area contributed by atoms with Crippen LogP contribution in [-0.2, 0) is 6.54 Å². The van der Waals surface area contributed by atoms with Crippen molar-refractivity contribution >= 4 is 11.0 Å². The zero-order chi connectivity index (χ0) is 14.8. The van der Waals surface area contributed by atoms with E-state index in [9.17, 15) is 4.79 Å². The molecule has 1 aromatic carbocycles. The molecule has 2 aromatic rings. The summed E-state index contributed by atoms with van der Waals surface area (Å²) in [6.07, 6.45) is 3.77. The summed E-state index contributed by atoms with van der Waals surface area (Å²) in [6, 6.07) is 6.89. The van der Waals surface area contributed by atoms with Crippen LogP contribution in [0.15, 0.2) is 23.0 Å². The number of nitrogens with one attached hydrogen (secondary N) is 2. The molecule has 0 aliphatic carbocycles. The van der Waals surface area contributed by atoms with E-state index in [0.29, 0.717) is 6.04 Å². The van der Waals surface area contributed by atoms with Crippen molar-refractivity contribution in [3.63, 3.8) is 0 Å². The lowest BCUT2D eigenvalue weighted by atomic mass is 10.1. The fourth-order valence-electron chi connectivity index (χ4n) is 3.25. The molecule has 1 atom stereocenters. The van der Waals surface area contributed by atoms with Crippen molar-refractivity contribution in [2.24, 2.45) is 0 Å². The van der Waals surface area contributed by atoms with Crippen LogP contribution in [0.25, 0.3) is 11.0 Å². The predicted molar refractivity (Wildman–Crippen MR) is 85.5 cm³/mol. The van der Waals surface area contributed by atoms with Gasteiger partial charge in [-0.05, 0) is 64.1 Å². The minimum Gasteiger partial charge on any atom is -0.306 e. The van der Waals surface area contributed by atoms with Crippen LogP contribution in [0, 0.1) is 0 Å². The summed E-state index contributed by atoms with van der Waals surface area (Å²) in [6.45, 7) is 3.26. The number of fused-ring (bicyclic) bond motifs is 1. The number of rotatable bonds is 3. The zero-order valence-electron chi connectivity index (χ0n) is 12.9. The van der Waals surface area contributed by atoms with Crippen molar-refractivity contribution < 1.29 is 0 Å². The molecule has 5 heteroatoms. The van der Waals surface area contributed by atoms with Crippen molar-refractivity contribution in [1.82, 2.24) is 19.8 Å². The molecule has 1 saturated heterocycles. The monoisotopic (exact) mass is 288 g/mol. The molecular formula is C16H24N4O. The lowest BCUT2D eigenvalue weighted by Gasteiger charge is -2.23. The van der Waals surface area contributed by atoms with E-state index in [4.69, 9.17) is 0 Å². The van der Waals surface area contributed by atoms with E-state index < -0.39 is 0 Å². The van der Waals surface area contributed by atoms with E-state index in [1.54, 1.807) is 0 Å². The molecule has 2 heterocycles. The van der Waals surface area contributed by atoms with E-state index in [-0.39, 0.29) is 5.69 Å². The molecule has 2 N–H and O–H groups in total. The molecule has 0 spiro atoms. The molecule has 3 rings (SSSR count). The number of imidazole rings is 1. The summed E-state index contributed by atoms with van der Waals surface area (Å²) >= 11 is 0. The Labute approximate surface area is 125 Å². The third kappa shape index (κ3) is 3.36. The highest BCUT2D eigenvalue weighted by Crippen LogP contribution is 2.18. The second-order valence-corrected chi connectivity index (χ2v) is 6.28. The van der Waals surface area contributed by atoms with Crippen LogP contribution in [0.4, 0.5) is 0 Å². The van der Waals surface area contributed by atoms with Crippen LogP contribution in [0.2, 0.25) is 0 Å². The van der Waals surface area contributed by atoms with Gasteiger partial charge in [0, 0.05) is 12.6 Å². The van der Waals surface area contributed by atoms with Gasteiger partial charge in [0.2, 0.25) is 0 Å². The average molecular weight is 288 g/mol. The van der Waals surface area contributed by atoms with Crippen LogP contribution < -0.4 is 5.69 Å². The Morgan fingerprint density at radius 1 is 1.19 bits per heavy atom. The number of nitrogens with zero attached hydrogens (tertiary/aromatic N) is 2. The summed E-state index contributed by atoms with van der Waals surface area (Å²) in [4.78, 5) is 21.8. The Kier molecular flexibility index (Phi) is 4.12. The third-order valence-corrected chi connectivity index (χ3v) is 4.51. The number of H-pyrrole nitrogens is 2. The van der Waals surface area contributed by atoms with Gasteiger partial charge in [-0.15, -0.1) is 0 Å². The number of likely N-dealkylation sites (tertiary alicyclic amines) is 1. The Bertz CT molecular complexity index is 658. The molecule has 1 unspecified atom stereocenters. The van der Waals surface area contributed by atoms with E-state index >= 15 is 0 Å². The maximum atomic E-state index is 11.3. The van der Waals surface area contributed by atoms with Crippen LogP contribution in [0.5, 0.6) is 0 Å². The lowest BCUT2D eigenvalue weighted by molar-refractivity contribution is 0.245. The number of aromatic amines is 2. The van der Waals surface area contributed by atoms with Crippen molar-refractivity contribution in [1.29, 1.82) is 0 Å². The van der Waals surface area contributed by atoms with Crippen molar-refractivity contribution in [3.05, 3.63) is 34.2 Å². The molecule has 114 valence electrons. The highest BCUT2D eigenvalue weighted by Gasteiger charge is 2.18. The number of hydrogen-bond donors (Lipinski definition) is 2. The summed E-state index contributed by atoms with van der Waals surface area (Å²) in [5.41, 5.74) is 2.91. The average Bonchev–Trinajstić information content (AvgIpc) is 2.65. The van der Waals surface area contributed by atoms with E-state index in [2.05, 4.69) is 46.0 Å². The van der Waals surface area contributed by atoms with Gasteiger partial charge in [0.25, 0.3) is 0 Å². The van der Waals surface area contributed by atoms with Crippen molar-refractivity contribution in [2.45, 2.75) is 31.8 Å². The Morgan fingerprint density at radius 2 is 2.00 bits per heavy atom. The summed E-state index contributed by atoms with van der Waals surface area (Å²) in [5.74, 6) is 0. The molecule has 0 amide bonds. The van der Waals surface area contributed by atoms with E-state index in [0.717, 1.165) is 30.7 Å². The number of benzene rings is 1. The molecule has 0 saturated carbocycles. The van der Waals surface area contributed by atoms with Gasteiger partial charge in [0.05, 0.1) is 11.0 Å². The third-order valence-electron chi connectivity index (χ3n) is 4.51. The van der Waals surface area contributed by atoms with Gasteiger partial charge in [0.1, 0.15) is 0 Å². The van der Waals surface area contributed by atoms with Crippen molar-refractivity contribution in [2.75, 3.05) is 27.2 Å². The van der Waals surface area contributed by atoms with Gasteiger partial charge in [-0.3, -0.25) is 4.90 Å². The maximum absolute atomic E-state index is 11.3. The van der Waals surface area contributed by atoms with Gasteiger partial charge < -0.3 is 14.9 Å². The second kappa shape index (κ2) is 6.03. The van der Waals surface area contributed by atoms with Crippen molar-refractivity contribution in [3.8, 4) is 0 Å². The van der Waals surface area contributed by atoms with Gasteiger partial charge in [-0.25, -0.2) is 4.79 Å². The first-order chi connectivity index (χ1) is 10.1. The predicted octanol–water partition coefficient (Wildman–Crippen LogP) is 1.77. The minimum absolute atomic E-state index is 0.134. The normalized spacial score (nSPS) is 21.0. The fraction of sp³-hybridized carbons (Fsp3) is 0.562. The quantitative estimate of drug-likeness (QED) is 0.905. The first-order valence-electron chi connectivity index (χ1n) is 7.71. The molecule has 1 aliphatic rings. The molecule has 21 heavy (non-hydrogen) atoms. The number of aromatic nitrogens is 2. The van der Waals surface area contributed by atoms with Crippen LogP contribution in [-0.4, -0.2) is 53.0 Å². The largest absolute Gasteiger partial charge is 0.323 e. The van der Waals surface area contributed by atoms with Gasteiger partial charge >= 0.3 is 5.69 Å². The minimum atomic E-state index is -0.134. The standard InChI is InChI=1S/C16H24N4O/c1-19(2)13-4-3-8-20(9-7-13)11-12-5-6-14-15(10-12)18-16(21)17-14/h5-6,10,13H,3-4,7-9,11H2,1-2H3,(H2,17,18,21). The number of hydrogen-bond acceptors (Lipinski definition) is 3. The molecule has 1 fully saturated rings. The zero-order valence-corrected chi connectivity index (χ0v) is 12.9. The highest BCUT2D eigenvalue weighted by atomic mass is 16.1. The van der Waals surface area contributed by atoms with Gasteiger partial charge in [-0.2, -0.15) is 0 Å². The molecule has 1 aliphatic heterocycles. The van der Waals surface area contributed by atoms with Crippen LogP contribution in [0.1, 0.15) is 24.8 Å². The second-order valence-electron chi connectivity index (χ2n) is 6.28. The molecule has 0 radical (unpaired) electrons. The first-order valence-corrected chi connectivity index (χ1v) is 7.71. The topological polar surface area (TPSA) is 55.1 Å². The Hall–Kier alpha value is -1.59. The summed E-state index contributed by atoms with van der Waals surface area (Å²) in [5, 5.41) is 0. The Balaban J connectivity index is 1.68. The molecule has 5 nitrogen and oxygen atoms in total. The van der Waals surface area contributed by atoms with E-state index in [1.807, 2.05) is 6.07 Å². The van der Waals surface area contributed by atoms with E-state index in [1.165, 1.54) is 24.8 Å². The summed E-state index contributed by atoms with van der Waals surface area (Å²) in [7, 11) is 4.35. The van der Waals surface area contributed by atoms with Crippen LogP contribution >= 0.6 is 0 Å². The Morgan fingerprint density at radius 3 is 2.81 bits per heavy atom. The van der Waals surface area contributed by atoms with Crippen LogP contribution in [0.3, 0.4) is 0 Å². The molecule has 0 bridgehead atoms. The smallest absolute Gasteiger partial charge is 0.306 e.